The minimum Gasteiger partial charge on any atom is -0.294 e. The molecule has 0 aromatic rings. The molecule has 0 saturated heterocycles. The Balaban J connectivity index is 2.76. The predicted octanol–water partition coefficient (Wildman–Crippen LogP) is 3.30. The van der Waals surface area contributed by atoms with Gasteiger partial charge in [0.25, 0.3) is 0 Å². The zero-order valence-electron chi connectivity index (χ0n) is 8.37. The van der Waals surface area contributed by atoms with Gasteiger partial charge in [-0.25, -0.2) is 0 Å². The maximum Gasteiger partial charge on any atom is 0.160 e. The molecule has 0 aromatic carbocycles. The molecule has 2 aliphatic rings. The number of aryl methyl sites for hydroxylation is 1. The van der Waals surface area contributed by atoms with E-state index in [0.717, 1.165) is 11.1 Å². The molecule has 0 spiro atoms. The Hall–Kier alpha value is -1.63. The summed E-state index contributed by atoms with van der Waals surface area (Å²) in [7, 11) is 0. The van der Waals surface area contributed by atoms with E-state index in [4.69, 9.17) is 0 Å². The first-order chi connectivity index (χ1) is 6.70. The molecule has 0 radical (unpaired) electrons. The van der Waals surface area contributed by atoms with Gasteiger partial charge in [0.05, 0.1) is 0 Å². The van der Waals surface area contributed by atoms with E-state index >= 15 is 0 Å². The predicted molar refractivity (Wildman–Crippen MR) is 57.8 cm³/mol. The van der Waals surface area contributed by atoms with Crippen molar-refractivity contribution in [2.24, 2.45) is 0 Å². The zero-order valence-corrected chi connectivity index (χ0v) is 8.37. The molecule has 0 bridgehead atoms. The van der Waals surface area contributed by atoms with Gasteiger partial charge in [-0.3, -0.25) is 4.79 Å². The van der Waals surface area contributed by atoms with E-state index in [-0.39, 0.29) is 5.78 Å². The third-order valence-corrected chi connectivity index (χ3v) is 2.49. The molecule has 70 valence electrons. The minimum atomic E-state index is 0.134. The van der Waals surface area contributed by atoms with Crippen molar-refractivity contribution in [3.8, 4) is 11.1 Å². The SMILES string of the molecule is CC(=O)c1cc(C)c2cccccc1-2. The number of rotatable bonds is 1. The van der Waals surface area contributed by atoms with Crippen LogP contribution in [0.25, 0.3) is 11.1 Å². The molecule has 0 aliphatic heterocycles. The molecule has 0 saturated carbocycles. The Morgan fingerprint density at radius 2 is 1.71 bits per heavy atom. The Kier molecular flexibility index (Phi) is 2.08. The van der Waals surface area contributed by atoms with Crippen molar-refractivity contribution < 1.29 is 4.79 Å². The molecular weight excluding hydrogens is 172 g/mol. The Morgan fingerprint density at radius 3 is 2.36 bits per heavy atom. The molecule has 0 aromatic heterocycles. The van der Waals surface area contributed by atoms with Crippen molar-refractivity contribution in [3.05, 3.63) is 47.5 Å². The highest BCUT2D eigenvalue weighted by atomic mass is 16.1. The second-order valence-electron chi connectivity index (χ2n) is 3.54. The number of fused-ring (bicyclic) bond motifs is 1. The summed E-state index contributed by atoms with van der Waals surface area (Å²) >= 11 is 0. The van der Waals surface area contributed by atoms with Gasteiger partial charge in [-0.1, -0.05) is 30.3 Å². The van der Waals surface area contributed by atoms with Gasteiger partial charge < -0.3 is 0 Å². The summed E-state index contributed by atoms with van der Waals surface area (Å²) in [5.41, 5.74) is 4.22. The minimum absolute atomic E-state index is 0.134. The number of ketones is 1. The van der Waals surface area contributed by atoms with E-state index < -0.39 is 0 Å². The van der Waals surface area contributed by atoms with Gasteiger partial charge in [-0.15, -0.1) is 0 Å². The summed E-state index contributed by atoms with van der Waals surface area (Å²) in [6.45, 7) is 3.65. The zero-order chi connectivity index (χ0) is 10.1. The Morgan fingerprint density at radius 1 is 1.07 bits per heavy atom. The van der Waals surface area contributed by atoms with E-state index in [1.807, 2.05) is 37.3 Å². The van der Waals surface area contributed by atoms with Crippen LogP contribution in [0.15, 0.2) is 36.4 Å². The fraction of sp³-hybridized carbons (Fsp3) is 0.154. The monoisotopic (exact) mass is 184 g/mol. The third-order valence-electron chi connectivity index (χ3n) is 2.49. The summed E-state index contributed by atoms with van der Waals surface area (Å²) in [5.74, 6) is 0.134. The average molecular weight is 184 g/mol. The summed E-state index contributed by atoms with van der Waals surface area (Å²) in [4.78, 5) is 11.4. The van der Waals surface area contributed by atoms with Gasteiger partial charge >= 0.3 is 0 Å². The first kappa shape index (κ1) is 8.95. The van der Waals surface area contributed by atoms with Gasteiger partial charge in [0.2, 0.25) is 0 Å². The van der Waals surface area contributed by atoms with Crippen LogP contribution in [0.2, 0.25) is 0 Å². The molecule has 1 nitrogen and oxygen atoms in total. The van der Waals surface area contributed by atoms with E-state index in [9.17, 15) is 4.79 Å². The van der Waals surface area contributed by atoms with E-state index in [0.29, 0.717) is 0 Å². The van der Waals surface area contributed by atoms with Crippen LogP contribution in [0.5, 0.6) is 0 Å². The van der Waals surface area contributed by atoms with Crippen LogP contribution in [-0.2, 0) is 0 Å². The van der Waals surface area contributed by atoms with Crippen LogP contribution in [0.1, 0.15) is 22.8 Å². The molecular formula is C13H12O. The summed E-state index contributed by atoms with van der Waals surface area (Å²) in [5, 5.41) is 0. The molecule has 0 unspecified atom stereocenters. The average Bonchev–Trinajstić information content (AvgIpc) is 2.38. The van der Waals surface area contributed by atoms with Crippen molar-refractivity contribution in [2.75, 3.05) is 0 Å². The topological polar surface area (TPSA) is 17.1 Å². The lowest BCUT2D eigenvalue weighted by molar-refractivity contribution is 0.101. The number of hydrogen-bond donors (Lipinski definition) is 0. The van der Waals surface area contributed by atoms with Crippen LogP contribution in [-0.4, -0.2) is 5.78 Å². The fourth-order valence-electron chi connectivity index (χ4n) is 1.79. The highest BCUT2D eigenvalue weighted by Crippen LogP contribution is 2.31. The number of carbonyl (C=O) groups excluding carboxylic acids is 1. The Labute approximate surface area is 83.7 Å². The fourth-order valence-corrected chi connectivity index (χ4v) is 1.79. The summed E-state index contributed by atoms with van der Waals surface area (Å²) in [6, 6.07) is 12.0. The molecule has 0 heterocycles. The van der Waals surface area contributed by atoms with Crippen LogP contribution in [0, 0.1) is 6.92 Å². The molecule has 0 amide bonds. The van der Waals surface area contributed by atoms with Crippen molar-refractivity contribution >= 4 is 5.78 Å². The lowest BCUT2D eigenvalue weighted by Crippen LogP contribution is -1.89. The van der Waals surface area contributed by atoms with Gasteiger partial charge in [0.15, 0.2) is 5.78 Å². The largest absolute Gasteiger partial charge is 0.294 e. The Bertz CT molecular complexity index is 457. The lowest BCUT2D eigenvalue weighted by Gasteiger charge is -1.96. The maximum absolute atomic E-state index is 11.4. The van der Waals surface area contributed by atoms with Crippen LogP contribution in [0.3, 0.4) is 0 Å². The second kappa shape index (κ2) is 3.26. The van der Waals surface area contributed by atoms with Gasteiger partial charge in [-0.05, 0) is 36.6 Å². The van der Waals surface area contributed by atoms with Crippen molar-refractivity contribution in [3.63, 3.8) is 0 Å². The van der Waals surface area contributed by atoms with Gasteiger partial charge in [0.1, 0.15) is 0 Å². The van der Waals surface area contributed by atoms with E-state index in [2.05, 4.69) is 6.07 Å². The molecule has 1 heteroatoms. The van der Waals surface area contributed by atoms with Crippen LogP contribution < -0.4 is 0 Å². The van der Waals surface area contributed by atoms with Crippen molar-refractivity contribution in [1.29, 1.82) is 0 Å². The number of carbonyl (C=O) groups is 1. The lowest BCUT2D eigenvalue weighted by atomic mass is 10.1. The first-order valence-electron chi connectivity index (χ1n) is 4.69. The summed E-state index contributed by atoms with van der Waals surface area (Å²) in [6.07, 6.45) is 0. The molecule has 0 N–H and O–H groups in total. The van der Waals surface area contributed by atoms with E-state index in [1.54, 1.807) is 6.92 Å². The standard InChI is InChI=1S/C13H12O/c1-9-8-13(10(2)14)12-7-5-3-4-6-11(9)12/h3-8H,1-2H3. The summed E-state index contributed by atoms with van der Waals surface area (Å²) < 4.78 is 0. The first-order valence-corrected chi connectivity index (χ1v) is 4.69. The normalized spacial score (nSPS) is 10.4. The third kappa shape index (κ3) is 1.31. The van der Waals surface area contributed by atoms with Crippen molar-refractivity contribution in [1.82, 2.24) is 0 Å². The molecule has 2 aliphatic carbocycles. The molecule has 0 atom stereocenters. The van der Waals surface area contributed by atoms with Crippen LogP contribution >= 0.6 is 0 Å². The van der Waals surface area contributed by atoms with Crippen molar-refractivity contribution in [2.45, 2.75) is 13.8 Å². The molecule has 2 rings (SSSR count). The molecule has 0 fully saturated rings. The van der Waals surface area contributed by atoms with Gasteiger partial charge in [-0.2, -0.15) is 0 Å². The van der Waals surface area contributed by atoms with Gasteiger partial charge in [0, 0.05) is 5.56 Å². The van der Waals surface area contributed by atoms with Crippen LogP contribution in [0.4, 0.5) is 0 Å². The number of hydrogen-bond acceptors (Lipinski definition) is 1. The highest BCUT2D eigenvalue weighted by molar-refractivity contribution is 6.03. The van der Waals surface area contributed by atoms with E-state index in [1.165, 1.54) is 11.1 Å². The smallest absolute Gasteiger partial charge is 0.160 e. The quantitative estimate of drug-likeness (QED) is 0.621. The highest BCUT2D eigenvalue weighted by Gasteiger charge is 2.14. The molecule has 14 heavy (non-hydrogen) atoms. The maximum atomic E-state index is 11.4. The number of Topliss-reactive ketones (excluding diaryl/α,β-unsaturated/α-hetero) is 1. The second-order valence-corrected chi connectivity index (χ2v) is 3.54.